The fourth-order valence-electron chi connectivity index (χ4n) is 5.58. The number of benzene rings is 1. The highest BCUT2D eigenvalue weighted by Gasteiger charge is 2.29. The van der Waals surface area contributed by atoms with Crippen molar-refractivity contribution in [2.24, 2.45) is 16.3 Å². The highest BCUT2D eigenvalue weighted by atomic mass is 16.1. The quantitative estimate of drug-likeness (QED) is 0.0387. The number of nitrogens with one attached hydrogen (secondary N) is 4. The van der Waals surface area contributed by atoms with E-state index in [2.05, 4.69) is 82.6 Å². The standard InChI is InChI=1S/C35H60N8O/c1-6-37-23-13-11-9-8-10-12-14-24-40-33(44)28-39-27-30-15-17-31(18-16-30)34(43(5)36)32(41-29-38-7-2)19-20-35(3)21-25-42(4)26-22-35/h6-7,15-18,29,37,39H,1-2,8-14,19-28,36H2,3-5H3,(H,38,41)(H,40,44)/b34-32+. The number of rotatable bonds is 23. The van der Waals surface area contributed by atoms with Crippen molar-refractivity contribution in [2.45, 2.75) is 84.1 Å². The number of unbranched alkanes of at least 4 members (excludes halogenated alkanes) is 6. The summed E-state index contributed by atoms with van der Waals surface area (Å²) in [7, 11) is 4.07. The third-order valence-electron chi connectivity index (χ3n) is 8.54. The van der Waals surface area contributed by atoms with Gasteiger partial charge in [0.15, 0.2) is 0 Å². The summed E-state index contributed by atoms with van der Waals surface area (Å²) in [5.74, 6) is 6.43. The summed E-state index contributed by atoms with van der Waals surface area (Å²) in [5, 5.41) is 14.5. The number of amides is 1. The topological polar surface area (TPSA) is 110 Å². The second-order valence-corrected chi connectivity index (χ2v) is 12.4. The van der Waals surface area contributed by atoms with Crippen LogP contribution in [0.4, 0.5) is 0 Å². The van der Waals surface area contributed by atoms with E-state index in [0.717, 1.165) is 74.4 Å². The van der Waals surface area contributed by atoms with Crippen LogP contribution in [0.3, 0.4) is 0 Å². The van der Waals surface area contributed by atoms with E-state index in [-0.39, 0.29) is 5.91 Å². The Kier molecular flexibility index (Phi) is 18.1. The van der Waals surface area contributed by atoms with E-state index in [1.54, 1.807) is 17.5 Å². The SMILES string of the molecule is C=CN=CN/C(CCC1(C)CCN(C)CC1)=C(\c1ccc(CNCC(=O)NCCCCCCCCCNC=C)cc1)N(C)N. The number of nitrogens with zero attached hydrogens (tertiary/aromatic N) is 3. The van der Waals surface area contributed by atoms with Crippen LogP contribution >= 0.6 is 0 Å². The highest BCUT2D eigenvalue weighted by molar-refractivity contribution is 5.78. The molecule has 44 heavy (non-hydrogen) atoms. The first-order valence-electron chi connectivity index (χ1n) is 16.5. The molecule has 9 nitrogen and oxygen atoms in total. The summed E-state index contributed by atoms with van der Waals surface area (Å²) in [6.45, 7) is 14.7. The van der Waals surface area contributed by atoms with Crippen LogP contribution in [-0.4, -0.2) is 69.0 Å². The molecule has 0 bridgehead atoms. The number of hydrogen-bond acceptors (Lipinski definition) is 7. The van der Waals surface area contributed by atoms with Gasteiger partial charge in [-0.2, -0.15) is 0 Å². The van der Waals surface area contributed by atoms with Gasteiger partial charge >= 0.3 is 0 Å². The molecule has 1 aromatic carbocycles. The van der Waals surface area contributed by atoms with Gasteiger partial charge in [0.2, 0.25) is 5.91 Å². The van der Waals surface area contributed by atoms with Crippen molar-refractivity contribution in [3.63, 3.8) is 0 Å². The Morgan fingerprint density at radius 3 is 2.30 bits per heavy atom. The van der Waals surface area contributed by atoms with E-state index in [1.165, 1.54) is 51.1 Å². The second-order valence-electron chi connectivity index (χ2n) is 12.4. The number of piperidine rings is 1. The lowest BCUT2D eigenvalue weighted by Gasteiger charge is -2.38. The average Bonchev–Trinajstić information content (AvgIpc) is 3.01. The molecule has 1 aliphatic heterocycles. The monoisotopic (exact) mass is 608 g/mol. The van der Waals surface area contributed by atoms with Crippen LogP contribution < -0.4 is 27.1 Å². The van der Waals surface area contributed by atoms with Gasteiger partial charge in [0.1, 0.15) is 0 Å². The predicted molar refractivity (Wildman–Crippen MR) is 186 cm³/mol. The van der Waals surface area contributed by atoms with E-state index in [1.807, 2.05) is 7.05 Å². The molecule has 1 fully saturated rings. The molecule has 1 heterocycles. The number of likely N-dealkylation sites (tertiary alicyclic amines) is 1. The summed E-state index contributed by atoms with van der Waals surface area (Å²) in [5.41, 5.74) is 4.43. The zero-order chi connectivity index (χ0) is 32.0. The molecule has 0 aliphatic carbocycles. The molecule has 1 aliphatic rings. The van der Waals surface area contributed by atoms with Crippen molar-refractivity contribution in [1.82, 2.24) is 31.2 Å². The minimum atomic E-state index is 0.0431. The number of carbonyl (C=O) groups excluding carboxylic acids is 1. The summed E-state index contributed by atoms with van der Waals surface area (Å²) >= 11 is 0. The first kappa shape index (κ1) is 37.0. The van der Waals surface area contributed by atoms with E-state index in [4.69, 9.17) is 5.84 Å². The van der Waals surface area contributed by atoms with Gasteiger partial charge in [-0.25, -0.2) is 10.8 Å². The maximum absolute atomic E-state index is 12.3. The second kappa shape index (κ2) is 21.5. The molecule has 0 atom stereocenters. The molecule has 6 N–H and O–H groups in total. The Bertz CT molecular complexity index is 1030. The molecule has 0 spiro atoms. The minimum Gasteiger partial charge on any atom is -0.391 e. The molecular formula is C35H60N8O. The maximum Gasteiger partial charge on any atom is 0.233 e. The molecule has 1 amide bonds. The zero-order valence-corrected chi connectivity index (χ0v) is 27.8. The number of hydrazine groups is 1. The van der Waals surface area contributed by atoms with Crippen molar-refractivity contribution in [2.75, 3.05) is 46.8 Å². The van der Waals surface area contributed by atoms with Crippen molar-refractivity contribution in [1.29, 1.82) is 0 Å². The summed E-state index contributed by atoms with van der Waals surface area (Å²) < 4.78 is 0. The maximum atomic E-state index is 12.3. The Morgan fingerprint density at radius 2 is 1.68 bits per heavy atom. The third kappa shape index (κ3) is 15.0. The van der Waals surface area contributed by atoms with Gasteiger partial charge in [-0.3, -0.25) is 4.79 Å². The van der Waals surface area contributed by atoms with Crippen LogP contribution in [-0.2, 0) is 11.3 Å². The third-order valence-corrected chi connectivity index (χ3v) is 8.54. The van der Waals surface area contributed by atoms with E-state index in [9.17, 15) is 4.79 Å². The van der Waals surface area contributed by atoms with Gasteiger partial charge in [-0.1, -0.05) is 76.5 Å². The Labute approximate surface area is 267 Å². The lowest BCUT2D eigenvalue weighted by molar-refractivity contribution is -0.120. The molecule has 0 radical (unpaired) electrons. The summed E-state index contributed by atoms with van der Waals surface area (Å²) in [4.78, 5) is 18.8. The minimum absolute atomic E-state index is 0.0431. The van der Waals surface area contributed by atoms with Gasteiger partial charge in [0.05, 0.1) is 18.6 Å². The zero-order valence-electron chi connectivity index (χ0n) is 27.8. The van der Waals surface area contributed by atoms with Crippen LogP contribution in [0.15, 0.2) is 60.5 Å². The van der Waals surface area contributed by atoms with E-state index >= 15 is 0 Å². The molecule has 0 unspecified atom stereocenters. The fourth-order valence-corrected chi connectivity index (χ4v) is 5.58. The lowest BCUT2D eigenvalue weighted by atomic mass is 9.76. The van der Waals surface area contributed by atoms with Crippen LogP contribution in [0.1, 0.15) is 88.7 Å². The van der Waals surface area contributed by atoms with Crippen molar-refractivity contribution in [3.05, 3.63) is 66.6 Å². The summed E-state index contributed by atoms with van der Waals surface area (Å²) in [6, 6.07) is 8.37. The number of hydrogen-bond donors (Lipinski definition) is 5. The molecule has 1 aromatic rings. The Morgan fingerprint density at radius 1 is 1.05 bits per heavy atom. The number of carbonyl (C=O) groups is 1. The first-order valence-corrected chi connectivity index (χ1v) is 16.5. The number of nitrogens with two attached hydrogens (primary N) is 1. The highest BCUT2D eigenvalue weighted by Crippen LogP contribution is 2.37. The molecule has 0 aromatic heterocycles. The fraction of sp³-hybridized carbons (Fsp3) is 0.600. The average molecular weight is 609 g/mol. The molecule has 1 saturated heterocycles. The van der Waals surface area contributed by atoms with Gasteiger partial charge in [-0.05, 0) is 75.8 Å². The van der Waals surface area contributed by atoms with Crippen LogP contribution in [0.2, 0.25) is 0 Å². The smallest absolute Gasteiger partial charge is 0.233 e. The molecule has 2 rings (SSSR count). The van der Waals surface area contributed by atoms with Gasteiger partial charge in [-0.15, -0.1) is 0 Å². The summed E-state index contributed by atoms with van der Waals surface area (Å²) in [6.07, 6.45) is 17.7. The van der Waals surface area contributed by atoms with Gasteiger partial charge < -0.3 is 31.2 Å². The molecule has 9 heteroatoms. The van der Waals surface area contributed by atoms with Crippen LogP contribution in [0.25, 0.3) is 5.70 Å². The van der Waals surface area contributed by atoms with E-state index < -0.39 is 0 Å². The lowest BCUT2D eigenvalue weighted by Crippen LogP contribution is -2.36. The molecule has 0 saturated carbocycles. The largest absolute Gasteiger partial charge is 0.391 e. The normalized spacial score (nSPS) is 15.5. The van der Waals surface area contributed by atoms with Crippen molar-refractivity contribution in [3.8, 4) is 0 Å². The van der Waals surface area contributed by atoms with Gasteiger partial charge in [0, 0.05) is 44.1 Å². The molecule has 246 valence electrons. The van der Waals surface area contributed by atoms with Crippen molar-refractivity contribution < 1.29 is 4.79 Å². The molecular weight excluding hydrogens is 548 g/mol. The van der Waals surface area contributed by atoms with E-state index in [0.29, 0.717) is 18.5 Å². The first-order chi connectivity index (χ1) is 21.3. The van der Waals surface area contributed by atoms with Crippen LogP contribution in [0, 0.1) is 5.41 Å². The predicted octanol–water partition coefficient (Wildman–Crippen LogP) is 5.10. The number of aliphatic imine (C=N–C) groups is 1. The van der Waals surface area contributed by atoms with Crippen LogP contribution in [0.5, 0.6) is 0 Å². The Balaban J connectivity index is 1.82. The van der Waals surface area contributed by atoms with Gasteiger partial charge in [0.25, 0.3) is 0 Å². The Hall–Kier alpha value is -3.14. The van der Waals surface area contributed by atoms with Crippen molar-refractivity contribution >= 4 is 17.9 Å². The number of allylic oxidation sites excluding steroid dienone is 1.